The van der Waals surface area contributed by atoms with Gasteiger partial charge in [-0.25, -0.2) is 4.79 Å². The molecule has 0 aliphatic heterocycles. The first kappa shape index (κ1) is 20.2. The molecule has 3 amide bonds. The molecular formula is C17H19N7O4. The van der Waals surface area contributed by atoms with Gasteiger partial charge < -0.3 is 33.0 Å². The number of carbonyl (C=O) groups excluding carboxylic acids is 3. The number of hydrogen-bond donors (Lipinski definition) is 5. The Hall–Kier alpha value is -4.15. The molecule has 0 unspecified atom stereocenters. The summed E-state index contributed by atoms with van der Waals surface area (Å²) >= 11 is 0. The average Bonchev–Trinajstić information content (AvgIpc) is 2.62. The van der Waals surface area contributed by atoms with Crippen LogP contribution in [-0.2, 0) is 4.74 Å². The number of guanidine groups is 2. The van der Waals surface area contributed by atoms with E-state index in [1.165, 1.54) is 0 Å². The molecule has 11 nitrogen and oxygen atoms in total. The van der Waals surface area contributed by atoms with Gasteiger partial charge in [-0.05, 0) is 29.0 Å². The second kappa shape index (κ2) is 8.98. The van der Waals surface area contributed by atoms with Gasteiger partial charge in [-0.15, -0.1) is 4.99 Å². The highest BCUT2D eigenvalue weighted by Gasteiger charge is 2.12. The lowest BCUT2D eigenvalue weighted by Crippen LogP contribution is -2.28. The highest BCUT2D eigenvalue weighted by molar-refractivity contribution is 6.11. The molecule has 0 aliphatic carbocycles. The average molecular weight is 385 g/mol. The molecule has 0 aliphatic rings. The van der Waals surface area contributed by atoms with Crippen LogP contribution in [0.3, 0.4) is 0 Å². The zero-order valence-corrected chi connectivity index (χ0v) is 14.7. The zero-order valence-electron chi connectivity index (χ0n) is 14.7. The Morgan fingerprint density at radius 3 is 2.36 bits per heavy atom. The SMILES string of the molecule is NC(N)=NC(=O)OCCNC(=O)c1ccc2c(C(=O)N=C(N)N)cccc2c1. The number of carbonyl (C=O) groups is 3. The Labute approximate surface area is 159 Å². The van der Waals surface area contributed by atoms with E-state index in [0.717, 1.165) is 0 Å². The number of amides is 3. The van der Waals surface area contributed by atoms with Gasteiger partial charge >= 0.3 is 6.09 Å². The summed E-state index contributed by atoms with van der Waals surface area (Å²) in [5.74, 6) is -1.72. The predicted octanol–water partition coefficient (Wildman–Crippen LogP) is -0.607. The minimum absolute atomic E-state index is 0.0611. The lowest BCUT2D eigenvalue weighted by Gasteiger charge is -2.08. The number of aliphatic imine (C=N–C) groups is 2. The first-order valence-electron chi connectivity index (χ1n) is 7.99. The minimum Gasteiger partial charge on any atom is -0.446 e. The number of fused-ring (bicyclic) bond motifs is 1. The van der Waals surface area contributed by atoms with E-state index in [0.29, 0.717) is 21.9 Å². The molecule has 0 atom stereocenters. The molecule has 0 saturated heterocycles. The van der Waals surface area contributed by atoms with Crippen LogP contribution >= 0.6 is 0 Å². The third-order valence-electron chi connectivity index (χ3n) is 3.44. The number of ether oxygens (including phenoxy) is 1. The van der Waals surface area contributed by atoms with Crippen molar-refractivity contribution in [3.05, 3.63) is 47.5 Å². The van der Waals surface area contributed by atoms with Crippen LogP contribution in [0.4, 0.5) is 4.79 Å². The fourth-order valence-corrected chi connectivity index (χ4v) is 2.33. The standard InChI is InChI=1S/C17H19N7O4/c18-15(19)23-14(26)12-3-1-2-9-8-10(4-5-11(9)12)13(25)22-6-7-28-17(27)24-16(20)21/h1-5,8H,6-7H2,(H,22,25)(H4,18,19,23,26)(H4,20,21,24,27). The van der Waals surface area contributed by atoms with Crippen LogP contribution in [0.25, 0.3) is 10.8 Å². The van der Waals surface area contributed by atoms with E-state index in [1.807, 2.05) is 0 Å². The summed E-state index contributed by atoms with van der Waals surface area (Å²) in [6.07, 6.45) is -0.946. The van der Waals surface area contributed by atoms with E-state index in [2.05, 4.69) is 15.3 Å². The summed E-state index contributed by atoms with van der Waals surface area (Å²) in [5.41, 5.74) is 21.2. The van der Waals surface area contributed by atoms with Gasteiger partial charge in [0.1, 0.15) is 6.61 Å². The number of benzene rings is 2. The molecule has 2 rings (SSSR count). The summed E-state index contributed by atoms with van der Waals surface area (Å²) in [4.78, 5) is 42.2. The molecule has 0 bridgehead atoms. The quantitative estimate of drug-likeness (QED) is 0.255. The number of hydrogen-bond acceptors (Lipinski definition) is 4. The van der Waals surface area contributed by atoms with Gasteiger partial charge in [0, 0.05) is 11.1 Å². The van der Waals surface area contributed by atoms with E-state index < -0.39 is 18.0 Å². The van der Waals surface area contributed by atoms with Gasteiger partial charge in [-0.3, -0.25) is 9.59 Å². The molecule has 0 heterocycles. The second-order valence-corrected chi connectivity index (χ2v) is 5.49. The molecule has 9 N–H and O–H groups in total. The number of rotatable bonds is 5. The number of nitrogens with zero attached hydrogens (tertiary/aromatic N) is 2. The van der Waals surface area contributed by atoms with Gasteiger partial charge in [0.05, 0.1) is 6.54 Å². The van der Waals surface area contributed by atoms with E-state index in [4.69, 9.17) is 27.7 Å². The lowest BCUT2D eigenvalue weighted by molar-refractivity contribution is 0.0936. The Morgan fingerprint density at radius 1 is 0.964 bits per heavy atom. The Morgan fingerprint density at radius 2 is 1.68 bits per heavy atom. The molecule has 0 fully saturated rings. The largest absolute Gasteiger partial charge is 0.446 e. The van der Waals surface area contributed by atoms with Gasteiger partial charge in [0.15, 0.2) is 11.9 Å². The van der Waals surface area contributed by atoms with Gasteiger partial charge in [-0.1, -0.05) is 18.2 Å². The van der Waals surface area contributed by atoms with Crippen molar-refractivity contribution in [1.29, 1.82) is 0 Å². The molecular weight excluding hydrogens is 366 g/mol. The summed E-state index contributed by atoms with van der Waals surface area (Å²) in [7, 11) is 0. The van der Waals surface area contributed by atoms with E-state index in [-0.39, 0.29) is 25.0 Å². The zero-order chi connectivity index (χ0) is 20.7. The normalized spacial score (nSPS) is 10.0. The molecule has 2 aromatic rings. The van der Waals surface area contributed by atoms with Crippen LogP contribution in [0, 0.1) is 0 Å². The van der Waals surface area contributed by atoms with Crippen molar-refractivity contribution in [3.8, 4) is 0 Å². The Balaban J connectivity index is 2.07. The third kappa shape index (κ3) is 5.42. The fraction of sp³-hybridized carbons (Fsp3) is 0.118. The molecule has 28 heavy (non-hydrogen) atoms. The van der Waals surface area contributed by atoms with Crippen molar-refractivity contribution < 1.29 is 19.1 Å². The second-order valence-electron chi connectivity index (χ2n) is 5.49. The molecule has 0 radical (unpaired) electrons. The van der Waals surface area contributed by atoms with Crippen LogP contribution in [-0.4, -0.2) is 43.0 Å². The van der Waals surface area contributed by atoms with Crippen LogP contribution in [0.1, 0.15) is 20.7 Å². The maximum atomic E-state index is 12.2. The Kier molecular flexibility index (Phi) is 6.47. The lowest BCUT2D eigenvalue weighted by atomic mass is 10.0. The summed E-state index contributed by atoms with van der Waals surface area (Å²) in [5, 5.41) is 3.84. The molecule has 2 aromatic carbocycles. The summed E-state index contributed by atoms with van der Waals surface area (Å²) in [6, 6.07) is 9.77. The van der Waals surface area contributed by atoms with E-state index >= 15 is 0 Å². The summed E-state index contributed by atoms with van der Waals surface area (Å²) in [6.45, 7) is -0.0439. The van der Waals surface area contributed by atoms with Crippen molar-refractivity contribution >= 4 is 40.6 Å². The monoisotopic (exact) mass is 385 g/mol. The third-order valence-corrected chi connectivity index (χ3v) is 3.44. The van der Waals surface area contributed by atoms with Crippen LogP contribution < -0.4 is 28.3 Å². The predicted molar refractivity (Wildman–Crippen MR) is 104 cm³/mol. The van der Waals surface area contributed by atoms with Crippen molar-refractivity contribution in [3.63, 3.8) is 0 Å². The summed E-state index contributed by atoms with van der Waals surface area (Å²) < 4.78 is 4.71. The van der Waals surface area contributed by atoms with Gasteiger partial charge in [-0.2, -0.15) is 4.99 Å². The van der Waals surface area contributed by atoms with Gasteiger partial charge in [0.25, 0.3) is 11.8 Å². The minimum atomic E-state index is -0.946. The topological polar surface area (TPSA) is 201 Å². The first-order valence-corrected chi connectivity index (χ1v) is 7.99. The smallest absolute Gasteiger partial charge is 0.436 e. The van der Waals surface area contributed by atoms with Crippen molar-refractivity contribution in [2.45, 2.75) is 0 Å². The maximum absolute atomic E-state index is 12.2. The van der Waals surface area contributed by atoms with Crippen molar-refractivity contribution in [2.24, 2.45) is 32.9 Å². The highest BCUT2D eigenvalue weighted by Crippen LogP contribution is 2.21. The van der Waals surface area contributed by atoms with Crippen LogP contribution in [0.5, 0.6) is 0 Å². The van der Waals surface area contributed by atoms with Crippen molar-refractivity contribution in [1.82, 2.24) is 5.32 Å². The van der Waals surface area contributed by atoms with Crippen molar-refractivity contribution in [2.75, 3.05) is 13.2 Å². The molecule has 0 saturated carbocycles. The van der Waals surface area contributed by atoms with Crippen LogP contribution in [0.2, 0.25) is 0 Å². The molecule has 11 heteroatoms. The van der Waals surface area contributed by atoms with E-state index in [1.54, 1.807) is 36.4 Å². The maximum Gasteiger partial charge on any atom is 0.436 e. The first-order chi connectivity index (χ1) is 13.3. The van der Waals surface area contributed by atoms with E-state index in [9.17, 15) is 14.4 Å². The molecule has 0 spiro atoms. The Bertz CT molecular complexity index is 977. The van der Waals surface area contributed by atoms with Gasteiger partial charge in [0.2, 0.25) is 0 Å². The molecule has 0 aromatic heterocycles. The number of nitrogens with one attached hydrogen (secondary N) is 1. The van der Waals surface area contributed by atoms with Crippen LogP contribution in [0.15, 0.2) is 46.4 Å². The number of nitrogens with two attached hydrogens (primary N) is 4. The molecule has 146 valence electrons. The highest BCUT2D eigenvalue weighted by atomic mass is 16.5. The fourth-order valence-electron chi connectivity index (χ4n) is 2.33.